The van der Waals surface area contributed by atoms with Gasteiger partial charge in [-0.15, -0.1) is 11.3 Å². The Bertz CT molecular complexity index is 754. The normalized spacial score (nSPS) is 20.5. The standard InChI is InChI=1S/C16H20N4OS/c1-9-17-15(20(2)8-10-6-7-13(21)19-10)14-11-4-3-5-12(11)22-16(14)18-9/h10H,3-8H2,1-2H3,(H,19,21)/t10-/m0/s1. The monoisotopic (exact) mass is 316 g/mol. The third kappa shape index (κ3) is 2.26. The summed E-state index contributed by atoms with van der Waals surface area (Å²) in [4.78, 5) is 25.6. The number of hydrogen-bond donors (Lipinski definition) is 1. The predicted octanol–water partition coefficient (Wildman–Crippen LogP) is 2.20. The molecule has 4 rings (SSSR count). The van der Waals surface area contributed by atoms with Crippen molar-refractivity contribution in [1.82, 2.24) is 15.3 Å². The quantitative estimate of drug-likeness (QED) is 0.943. The van der Waals surface area contributed by atoms with E-state index in [0.29, 0.717) is 6.42 Å². The van der Waals surface area contributed by atoms with Gasteiger partial charge in [0, 0.05) is 30.9 Å². The van der Waals surface area contributed by atoms with E-state index in [1.54, 1.807) is 0 Å². The first-order valence-electron chi connectivity index (χ1n) is 7.91. The lowest BCUT2D eigenvalue weighted by Gasteiger charge is -2.23. The number of nitrogens with one attached hydrogen (secondary N) is 1. The zero-order chi connectivity index (χ0) is 15.3. The Balaban J connectivity index is 1.72. The van der Waals surface area contributed by atoms with Gasteiger partial charge >= 0.3 is 0 Å². The van der Waals surface area contributed by atoms with Gasteiger partial charge in [0.05, 0.1) is 5.39 Å². The maximum Gasteiger partial charge on any atom is 0.220 e. The molecule has 1 atom stereocenters. The molecule has 1 saturated heterocycles. The smallest absolute Gasteiger partial charge is 0.220 e. The summed E-state index contributed by atoms with van der Waals surface area (Å²) in [7, 11) is 2.07. The van der Waals surface area contributed by atoms with Crippen molar-refractivity contribution in [3.8, 4) is 0 Å². The SMILES string of the molecule is Cc1nc(N(C)C[C@@H]2CCC(=O)N2)c2c3c(sc2n1)CCC3. The van der Waals surface area contributed by atoms with Crippen LogP contribution in [0.1, 0.15) is 35.5 Å². The minimum absolute atomic E-state index is 0.166. The van der Waals surface area contributed by atoms with E-state index in [1.807, 2.05) is 18.3 Å². The number of hydrogen-bond acceptors (Lipinski definition) is 5. The lowest BCUT2D eigenvalue weighted by molar-refractivity contribution is -0.119. The molecule has 1 aliphatic heterocycles. The van der Waals surface area contributed by atoms with Crippen molar-refractivity contribution in [1.29, 1.82) is 0 Å². The zero-order valence-corrected chi connectivity index (χ0v) is 13.8. The van der Waals surface area contributed by atoms with Crippen LogP contribution in [0.25, 0.3) is 10.2 Å². The van der Waals surface area contributed by atoms with Crippen molar-refractivity contribution in [3.05, 3.63) is 16.3 Å². The molecule has 0 spiro atoms. The van der Waals surface area contributed by atoms with E-state index < -0.39 is 0 Å². The number of anilines is 1. The molecule has 116 valence electrons. The maximum atomic E-state index is 11.4. The number of likely N-dealkylation sites (N-methyl/N-ethyl adjacent to an activating group) is 1. The number of carbonyl (C=O) groups is 1. The third-order valence-electron chi connectivity index (χ3n) is 4.60. The average molecular weight is 316 g/mol. The van der Waals surface area contributed by atoms with Crippen LogP contribution in [-0.4, -0.2) is 35.5 Å². The molecule has 1 fully saturated rings. The minimum atomic E-state index is 0.166. The van der Waals surface area contributed by atoms with E-state index in [-0.39, 0.29) is 11.9 Å². The van der Waals surface area contributed by atoms with Gasteiger partial charge in [-0.05, 0) is 38.2 Å². The Hall–Kier alpha value is -1.69. The summed E-state index contributed by atoms with van der Waals surface area (Å²) < 4.78 is 0. The second-order valence-corrected chi connectivity index (χ2v) is 7.40. The highest BCUT2D eigenvalue weighted by Crippen LogP contribution is 2.40. The molecule has 6 heteroatoms. The second-order valence-electron chi connectivity index (χ2n) is 6.32. The highest BCUT2D eigenvalue weighted by molar-refractivity contribution is 7.19. The lowest BCUT2D eigenvalue weighted by atomic mass is 10.1. The van der Waals surface area contributed by atoms with Crippen LogP contribution in [0.15, 0.2) is 0 Å². The van der Waals surface area contributed by atoms with Crippen LogP contribution < -0.4 is 10.2 Å². The summed E-state index contributed by atoms with van der Waals surface area (Å²) >= 11 is 1.83. The first-order valence-corrected chi connectivity index (χ1v) is 8.73. The summed E-state index contributed by atoms with van der Waals surface area (Å²) in [6.07, 6.45) is 5.12. The molecule has 0 radical (unpaired) electrons. The molecule has 1 aliphatic carbocycles. The molecule has 0 bridgehead atoms. The fraction of sp³-hybridized carbons (Fsp3) is 0.562. The largest absolute Gasteiger partial charge is 0.357 e. The second kappa shape index (κ2) is 5.19. The fourth-order valence-electron chi connectivity index (χ4n) is 3.59. The lowest BCUT2D eigenvalue weighted by Crippen LogP contribution is -2.37. The van der Waals surface area contributed by atoms with Crippen molar-refractivity contribution in [2.45, 2.75) is 45.1 Å². The van der Waals surface area contributed by atoms with Crippen molar-refractivity contribution in [2.24, 2.45) is 0 Å². The summed E-state index contributed by atoms with van der Waals surface area (Å²) in [6.45, 7) is 2.76. The van der Waals surface area contributed by atoms with Crippen LogP contribution in [0.4, 0.5) is 5.82 Å². The van der Waals surface area contributed by atoms with E-state index in [2.05, 4.69) is 22.2 Å². The molecule has 5 nitrogen and oxygen atoms in total. The predicted molar refractivity (Wildman–Crippen MR) is 88.6 cm³/mol. The summed E-state index contributed by atoms with van der Waals surface area (Å²) in [5.74, 6) is 2.02. The number of aryl methyl sites for hydroxylation is 3. The van der Waals surface area contributed by atoms with E-state index in [1.165, 1.54) is 28.7 Å². The van der Waals surface area contributed by atoms with Crippen LogP contribution >= 0.6 is 11.3 Å². The Labute approximate surface area is 133 Å². The van der Waals surface area contributed by atoms with Gasteiger partial charge in [0.1, 0.15) is 16.5 Å². The van der Waals surface area contributed by atoms with Crippen LogP contribution in [0.3, 0.4) is 0 Å². The van der Waals surface area contributed by atoms with Crippen molar-refractivity contribution < 1.29 is 4.79 Å². The third-order valence-corrected chi connectivity index (χ3v) is 5.78. The van der Waals surface area contributed by atoms with Gasteiger partial charge in [-0.25, -0.2) is 9.97 Å². The van der Waals surface area contributed by atoms with Crippen LogP contribution in [-0.2, 0) is 17.6 Å². The van der Waals surface area contributed by atoms with Gasteiger partial charge in [0.15, 0.2) is 0 Å². The molecule has 1 N–H and O–H groups in total. The first-order chi connectivity index (χ1) is 10.6. The number of amides is 1. The molecule has 0 aromatic carbocycles. The molecular weight excluding hydrogens is 296 g/mol. The number of nitrogens with zero attached hydrogens (tertiary/aromatic N) is 3. The number of rotatable bonds is 3. The molecule has 2 aliphatic rings. The molecule has 0 saturated carbocycles. The van der Waals surface area contributed by atoms with Gasteiger partial charge in [-0.1, -0.05) is 0 Å². The molecule has 22 heavy (non-hydrogen) atoms. The Kier molecular flexibility index (Phi) is 3.29. The van der Waals surface area contributed by atoms with E-state index >= 15 is 0 Å². The van der Waals surface area contributed by atoms with Gasteiger partial charge < -0.3 is 10.2 Å². The van der Waals surface area contributed by atoms with Gasteiger partial charge in [-0.3, -0.25) is 4.79 Å². The maximum absolute atomic E-state index is 11.4. The molecule has 3 heterocycles. The number of carbonyl (C=O) groups excluding carboxylic acids is 1. The van der Waals surface area contributed by atoms with Gasteiger partial charge in [0.2, 0.25) is 5.91 Å². The first kappa shape index (κ1) is 13.9. The Morgan fingerprint density at radius 3 is 2.95 bits per heavy atom. The zero-order valence-electron chi connectivity index (χ0n) is 13.0. The van der Waals surface area contributed by atoms with Crippen LogP contribution in [0, 0.1) is 6.92 Å². The van der Waals surface area contributed by atoms with Crippen molar-refractivity contribution in [2.75, 3.05) is 18.5 Å². The number of aromatic nitrogens is 2. The highest BCUT2D eigenvalue weighted by Gasteiger charge is 2.26. The van der Waals surface area contributed by atoms with E-state index in [9.17, 15) is 4.79 Å². The number of fused-ring (bicyclic) bond motifs is 3. The Morgan fingerprint density at radius 1 is 1.32 bits per heavy atom. The fourth-order valence-corrected chi connectivity index (χ4v) is 4.89. The van der Waals surface area contributed by atoms with Crippen LogP contribution in [0.2, 0.25) is 0 Å². The topological polar surface area (TPSA) is 58.1 Å². The van der Waals surface area contributed by atoms with Gasteiger partial charge in [0.25, 0.3) is 0 Å². The van der Waals surface area contributed by atoms with Crippen LogP contribution in [0.5, 0.6) is 0 Å². The van der Waals surface area contributed by atoms with Gasteiger partial charge in [-0.2, -0.15) is 0 Å². The summed E-state index contributed by atoms with van der Waals surface area (Å²) in [5.41, 5.74) is 1.46. The Morgan fingerprint density at radius 2 is 2.18 bits per heavy atom. The molecule has 2 aromatic heterocycles. The summed E-state index contributed by atoms with van der Waals surface area (Å²) in [5, 5.41) is 4.29. The van der Waals surface area contributed by atoms with E-state index in [4.69, 9.17) is 4.98 Å². The number of thiophene rings is 1. The molecule has 1 amide bonds. The van der Waals surface area contributed by atoms with Crippen molar-refractivity contribution in [3.63, 3.8) is 0 Å². The molecule has 2 aromatic rings. The minimum Gasteiger partial charge on any atom is -0.357 e. The van der Waals surface area contributed by atoms with Crippen molar-refractivity contribution >= 4 is 33.3 Å². The molecule has 0 unspecified atom stereocenters. The summed E-state index contributed by atoms with van der Waals surface area (Å²) in [6, 6.07) is 0.231. The highest BCUT2D eigenvalue weighted by atomic mass is 32.1. The average Bonchev–Trinajstić information content (AvgIpc) is 3.13. The molecular formula is C16H20N4OS. The van der Waals surface area contributed by atoms with E-state index in [0.717, 1.165) is 35.9 Å².